The highest BCUT2D eigenvalue weighted by Gasteiger charge is 2.25. The van der Waals surface area contributed by atoms with Crippen molar-refractivity contribution in [2.75, 3.05) is 19.6 Å². The van der Waals surface area contributed by atoms with Crippen LogP contribution in [0.1, 0.15) is 45.7 Å². The summed E-state index contributed by atoms with van der Waals surface area (Å²) in [4.78, 5) is 2.60. The number of nitrogens with zero attached hydrogens (tertiary/aromatic N) is 1. The molecular formula is C18H30N2. The van der Waals surface area contributed by atoms with Crippen molar-refractivity contribution in [2.45, 2.75) is 46.2 Å². The molecule has 0 spiro atoms. The number of likely N-dealkylation sites (tertiary alicyclic amines) is 1. The summed E-state index contributed by atoms with van der Waals surface area (Å²) in [6.07, 6.45) is 1.34. The van der Waals surface area contributed by atoms with Gasteiger partial charge in [-0.3, -0.25) is 0 Å². The van der Waals surface area contributed by atoms with Gasteiger partial charge in [-0.25, -0.2) is 0 Å². The van der Waals surface area contributed by atoms with Crippen LogP contribution in [0.25, 0.3) is 0 Å². The van der Waals surface area contributed by atoms with Gasteiger partial charge in [-0.1, -0.05) is 44.2 Å². The van der Waals surface area contributed by atoms with Crippen LogP contribution in [0.5, 0.6) is 0 Å². The first-order valence-electron chi connectivity index (χ1n) is 8.10. The van der Waals surface area contributed by atoms with Crippen molar-refractivity contribution in [1.82, 2.24) is 10.2 Å². The van der Waals surface area contributed by atoms with Crippen molar-refractivity contribution in [3.05, 3.63) is 35.9 Å². The van der Waals surface area contributed by atoms with Crippen LogP contribution in [0.4, 0.5) is 0 Å². The van der Waals surface area contributed by atoms with Gasteiger partial charge in [-0.05, 0) is 50.8 Å². The molecule has 0 bridgehead atoms. The minimum Gasteiger partial charge on any atom is -0.309 e. The van der Waals surface area contributed by atoms with Crippen molar-refractivity contribution >= 4 is 0 Å². The molecule has 1 aliphatic heterocycles. The van der Waals surface area contributed by atoms with E-state index in [1.807, 2.05) is 0 Å². The molecule has 2 unspecified atom stereocenters. The smallest absolute Gasteiger partial charge is 0.0343 e. The first-order chi connectivity index (χ1) is 9.58. The Kier molecular flexibility index (Phi) is 5.62. The van der Waals surface area contributed by atoms with E-state index in [1.54, 1.807) is 0 Å². The Morgan fingerprint density at radius 3 is 2.40 bits per heavy atom. The fourth-order valence-corrected chi connectivity index (χ4v) is 3.19. The third kappa shape index (κ3) is 4.07. The zero-order valence-electron chi connectivity index (χ0n) is 13.5. The summed E-state index contributed by atoms with van der Waals surface area (Å²) in [5, 5.41) is 3.81. The van der Waals surface area contributed by atoms with Crippen molar-refractivity contribution in [2.24, 2.45) is 11.8 Å². The van der Waals surface area contributed by atoms with Gasteiger partial charge in [-0.15, -0.1) is 0 Å². The first kappa shape index (κ1) is 15.5. The van der Waals surface area contributed by atoms with Crippen molar-refractivity contribution < 1.29 is 0 Å². The van der Waals surface area contributed by atoms with Gasteiger partial charge in [0.25, 0.3) is 0 Å². The number of benzene rings is 1. The molecule has 1 N–H and O–H groups in total. The lowest BCUT2D eigenvalue weighted by Gasteiger charge is -2.25. The van der Waals surface area contributed by atoms with Crippen LogP contribution in [0.3, 0.4) is 0 Å². The van der Waals surface area contributed by atoms with E-state index in [0.717, 1.165) is 12.5 Å². The lowest BCUT2D eigenvalue weighted by Crippen LogP contribution is -2.33. The van der Waals surface area contributed by atoms with E-state index >= 15 is 0 Å². The molecule has 1 aliphatic rings. The Bertz CT molecular complexity index is 386. The van der Waals surface area contributed by atoms with E-state index in [0.29, 0.717) is 18.0 Å². The third-order valence-corrected chi connectivity index (χ3v) is 4.50. The maximum absolute atomic E-state index is 3.81. The lowest BCUT2D eigenvalue weighted by molar-refractivity contribution is 0.261. The van der Waals surface area contributed by atoms with E-state index in [-0.39, 0.29) is 0 Å². The summed E-state index contributed by atoms with van der Waals surface area (Å²) in [5.41, 5.74) is 1.42. The molecule has 1 saturated heterocycles. The maximum Gasteiger partial charge on any atom is 0.0343 e. The molecule has 2 nitrogen and oxygen atoms in total. The van der Waals surface area contributed by atoms with Gasteiger partial charge in [0.05, 0.1) is 0 Å². The molecule has 1 fully saturated rings. The van der Waals surface area contributed by atoms with Crippen LogP contribution >= 0.6 is 0 Å². The van der Waals surface area contributed by atoms with Crippen molar-refractivity contribution in [3.63, 3.8) is 0 Å². The predicted octanol–water partition coefficient (Wildman–Crippen LogP) is 3.70. The minimum absolute atomic E-state index is 0.476. The normalized spacial score (nSPS) is 21.8. The topological polar surface area (TPSA) is 15.3 Å². The highest BCUT2D eigenvalue weighted by Crippen LogP contribution is 2.23. The third-order valence-electron chi connectivity index (χ3n) is 4.50. The fraction of sp³-hybridized carbons (Fsp3) is 0.667. The van der Waals surface area contributed by atoms with Gasteiger partial charge in [0.1, 0.15) is 0 Å². The Balaban J connectivity index is 1.88. The molecule has 0 aliphatic carbocycles. The predicted molar refractivity (Wildman–Crippen MR) is 86.8 cm³/mol. The monoisotopic (exact) mass is 274 g/mol. The molecule has 1 aromatic carbocycles. The molecule has 0 saturated carbocycles. The second-order valence-corrected chi connectivity index (χ2v) is 6.78. The van der Waals surface area contributed by atoms with E-state index in [9.17, 15) is 0 Å². The molecule has 1 heterocycles. The summed E-state index contributed by atoms with van der Waals surface area (Å²) in [6.45, 7) is 12.9. The SMILES string of the molecule is CC(C)C(NCC1CCN(C(C)C)C1)c1ccccc1. The fourth-order valence-electron chi connectivity index (χ4n) is 3.19. The largest absolute Gasteiger partial charge is 0.309 e. The molecule has 0 aromatic heterocycles. The van der Waals surface area contributed by atoms with Gasteiger partial charge in [-0.2, -0.15) is 0 Å². The molecule has 112 valence electrons. The van der Waals surface area contributed by atoms with Gasteiger partial charge in [0.15, 0.2) is 0 Å². The summed E-state index contributed by atoms with van der Waals surface area (Å²) in [5.74, 6) is 1.43. The molecule has 1 aromatic rings. The number of hydrogen-bond acceptors (Lipinski definition) is 2. The second kappa shape index (κ2) is 7.24. The molecule has 0 amide bonds. The van der Waals surface area contributed by atoms with Crippen LogP contribution in [0, 0.1) is 11.8 Å². The minimum atomic E-state index is 0.476. The number of rotatable bonds is 6. The number of nitrogens with one attached hydrogen (secondary N) is 1. The quantitative estimate of drug-likeness (QED) is 0.851. The van der Waals surface area contributed by atoms with Gasteiger partial charge >= 0.3 is 0 Å². The van der Waals surface area contributed by atoms with Crippen LogP contribution in [-0.4, -0.2) is 30.6 Å². The summed E-state index contributed by atoms with van der Waals surface area (Å²) < 4.78 is 0. The van der Waals surface area contributed by atoms with Crippen molar-refractivity contribution in [3.8, 4) is 0 Å². The molecular weight excluding hydrogens is 244 g/mol. The highest BCUT2D eigenvalue weighted by molar-refractivity contribution is 5.19. The van der Waals surface area contributed by atoms with Gasteiger partial charge < -0.3 is 10.2 Å². The van der Waals surface area contributed by atoms with E-state index in [4.69, 9.17) is 0 Å². The molecule has 20 heavy (non-hydrogen) atoms. The molecule has 2 rings (SSSR count). The molecule has 2 atom stereocenters. The summed E-state index contributed by atoms with van der Waals surface area (Å²) in [6, 6.07) is 12.0. The average molecular weight is 274 g/mol. The van der Waals surface area contributed by atoms with Crippen LogP contribution in [0.2, 0.25) is 0 Å². The maximum atomic E-state index is 3.81. The molecule has 0 radical (unpaired) electrons. The van der Waals surface area contributed by atoms with Crippen LogP contribution < -0.4 is 5.32 Å². The number of hydrogen-bond donors (Lipinski definition) is 1. The van der Waals surface area contributed by atoms with Gasteiger partial charge in [0.2, 0.25) is 0 Å². The zero-order valence-corrected chi connectivity index (χ0v) is 13.5. The van der Waals surface area contributed by atoms with E-state index in [2.05, 4.69) is 68.2 Å². The van der Waals surface area contributed by atoms with Crippen molar-refractivity contribution in [1.29, 1.82) is 0 Å². The highest BCUT2D eigenvalue weighted by atomic mass is 15.2. The average Bonchev–Trinajstić information content (AvgIpc) is 2.89. The van der Waals surface area contributed by atoms with Gasteiger partial charge in [0, 0.05) is 18.6 Å². The van der Waals surface area contributed by atoms with Crippen LogP contribution in [0.15, 0.2) is 30.3 Å². The zero-order chi connectivity index (χ0) is 14.5. The molecule has 2 heteroatoms. The Labute approximate surface area is 124 Å². The van der Waals surface area contributed by atoms with E-state index < -0.39 is 0 Å². The summed E-state index contributed by atoms with van der Waals surface area (Å²) in [7, 11) is 0. The van der Waals surface area contributed by atoms with E-state index in [1.165, 1.54) is 25.1 Å². The summed E-state index contributed by atoms with van der Waals surface area (Å²) >= 11 is 0. The Morgan fingerprint density at radius 2 is 1.85 bits per heavy atom. The Morgan fingerprint density at radius 1 is 1.15 bits per heavy atom. The first-order valence-corrected chi connectivity index (χ1v) is 8.10. The van der Waals surface area contributed by atoms with Crippen LogP contribution in [-0.2, 0) is 0 Å². The lowest BCUT2D eigenvalue weighted by atomic mass is 9.95. The standard InChI is InChI=1S/C18H30N2/c1-14(2)18(17-8-6-5-7-9-17)19-12-16-10-11-20(13-16)15(3)4/h5-9,14-16,18-19H,10-13H2,1-4H3. The second-order valence-electron chi connectivity index (χ2n) is 6.78. The Hall–Kier alpha value is -0.860.